The van der Waals surface area contributed by atoms with Gasteiger partial charge >= 0.3 is 0 Å². The van der Waals surface area contributed by atoms with Gasteiger partial charge in [0.1, 0.15) is 0 Å². The zero-order chi connectivity index (χ0) is 10.8. The van der Waals surface area contributed by atoms with E-state index in [2.05, 4.69) is 42.3 Å². The van der Waals surface area contributed by atoms with Gasteiger partial charge in [-0.3, -0.25) is 0 Å². The molecule has 1 aromatic carbocycles. The first-order valence-electron chi connectivity index (χ1n) is 5.09. The first-order valence-corrected chi connectivity index (χ1v) is 6.31. The van der Waals surface area contributed by atoms with Gasteiger partial charge in [0.05, 0.1) is 0 Å². The van der Waals surface area contributed by atoms with Gasteiger partial charge in [-0.1, -0.05) is 6.07 Å². The Hall–Kier alpha value is -0.930. The molecular weight excluding hydrogens is 204 g/mol. The smallest absolute Gasteiger partial charge is 0.0491 e. The van der Waals surface area contributed by atoms with Crippen molar-refractivity contribution in [2.24, 2.45) is 12.8 Å². The summed E-state index contributed by atoms with van der Waals surface area (Å²) in [4.78, 5) is 1.34. The summed E-state index contributed by atoms with van der Waals surface area (Å²) >= 11 is 1.80. The molecule has 0 aliphatic heterocycles. The van der Waals surface area contributed by atoms with E-state index < -0.39 is 0 Å². The molecule has 0 aliphatic rings. The van der Waals surface area contributed by atoms with E-state index in [1.165, 1.54) is 21.4 Å². The maximum atomic E-state index is 5.64. The van der Waals surface area contributed by atoms with E-state index in [-0.39, 0.29) is 0 Å². The number of rotatable bonds is 3. The van der Waals surface area contributed by atoms with Crippen LogP contribution >= 0.6 is 11.8 Å². The highest BCUT2D eigenvalue weighted by Crippen LogP contribution is 2.30. The summed E-state index contributed by atoms with van der Waals surface area (Å²) in [5.41, 5.74) is 8.29. The first kappa shape index (κ1) is 10.6. The number of hydrogen-bond acceptors (Lipinski definition) is 2. The average molecular weight is 220 g/mol. The van der Waals surface area contributed by atoms with Gasteiger partial charge < -0.3 is 10.3 Å². The van der Waals surface area contributed by atoms with Crippen molar-refractivity contribution < 1.29 is 0 Å². The molecule has 0 spiro atoms. The molecule has 0 saturated heterocycles. The van der Waals surface area contributed by atoms with E-state index in [1.807, 2.05) is 0 Å². The molecule has 1 heterocycles. The lowest BCUT2D eigenvalue weighted by Gasteiger charge is -2.02. The first-order chi connectivity index (χ1) is 7.27. The highest BCUT2D eigenvalue weighted by molar-refractivity contribution is 7.98. The second-order valence-electron chi connectivity index (χ2n) is 3.66. The number of hydrogen-bond donors (Lipinski definition) is 1. The van der Waals surface area contributed by atoms with Gasteiger partial charge in [-0.2, -0.15) is 0 Å². The normalized spacial score (nSPS) is 11.1. The zero-order valence-electron chi connectivity index (χ0n) is 9.16. The third-order valence-corrected chi connectivity index (χ3v) is 3.47. The van der Waals surface area contributed by atoms with Gasteiger partial charge in [-0.05, 0) is 36.9 Å². The highest BCUT2D eigenvalue weighted by Gasteiger charge is 2.09. The molecular formula is C12H16N2S. The Labute approximate surface area is 94.5 Å². The van der Waals surface area contributed by atoms with Crippen LogP contribution < -0.4 is 5.73 Å². The summed E-state index contributed by atoms with van der Waals surface area (Å²) in [5, 5.41) is 1.37. The number of thioether (sulfide) groups is 1. The Morgan fingerprint density at radius 3 is 2.87 bits per heavy atom. The number of fused-ring (bicyclic) bond motifs is 1. The molecule has 0 unspecified atom stereocenters. The lowest BCUT2D eigenvalue weighted by atomic mass is 10.1. The molecule has 2 nitrogen and oxygen atoms in total. The van der Waals surface area contributed by atoms with Crippen molar-refractivity contribution in [3.8, 4) is 0 Å². The van der Waals surface area contributed by atoms with E-state index >= 15 is 0 Å². The van der Waals surface area contributed by atoms with Gasteiger partial charge in [0.2, 0.25) is 0 Å². The van der Waals surface area contributed by atoms with Crippen molar-refractivity contribution in [3.63, 3.8) is 0 Å². The molecule has 2 N–H and O–H groups in total. The molecule has 0 amide bonds. The fourth-order valence-electron chi connectivity index (χ4n) is 2.02. The van der Waals surface area contributed by atoms with Crippen molar-refractivity contribution in [3.05, 3.63) is 30.0 Å². The van der Waals surface area contributed by atoms with Crippen molar-refractivity contribution >= 4 is 22.7 Å². The summed E-state index contributed by atoms with van der Waals surface area (Å²) in [7, 11) is 2.09. The fourth-order valence-corrected chi connectivity index (χ4v) is 2.67. The topological polar surface area (TPSA) is 30.9 Å². The van der Waals surface area contributed by atoms with Crippen molar-refractivity contribution in [2.75, 3.05) is 12.8 Å². The third kappa shape index (κ3) is 1.77. The summed E-state index contributed by atoms with van der Waals surface area (Å²) in [6.45, 7) is 0.710. The molecule has 2 aromatic rings. The van der Waals surface area contributed by atoms with Crippen molar-refractivity contribution in [1.82, 2.24) is 4.57 Å². The Bertz CT molecular complexity index is 474. The summed E-state index contributed by atoms with van der Waals surface area (Å²) < 4.78 is 2.18. The second kappa shape index (κ2) is 4.29. The molecule has 0 saturated carbocycles. The Balaban J connectivity index is 2.70. The Morgan fingerprint density at radius 2 is 2.20 bits per heavy atom. The summed E-state index contributed by atoms with van der Waals surface area (Å²) in [6.07, 6.45) is 5.26. The number of benzene rings is 1. The minimum atomic E-state index is 0.710. The van der Waals surface area contributed by atoms with Crippen LogP contribution in [0.2, 0.25) is 0 Å². The van der Waals surface area contributed by atoms with Gasteiger partial charge in [0.15, 0.2) is 0 Å². The molecule has 80 valence electrons. The van der Waals surface area contributed by atoms with Crippen LogP contribution in [0.15, 0.2) is 29.3 Å². The maximum absolute atomic E-state index is 5.64. The highest BCUT2D eigenvalue weighted by atomic mass is 32.2. The van der Waals surface area contributed by atoms with Crippen LogP contribution in [0.5, 0.6) is 0 Å². The minimum Gasteiger partial charge on any atom is -0.350 e. The van der Waals surface area contributed by atoms with E-state index in [0.29, 0.717) is 6.54 Å². The predicted molar refractivity (Wildman–Crippen MR) is 67.5 cm³/mol. The van der Waals surface area contributed by atoms with E-state index in [4.69, 9.17) is 5.73 Å². The van der Waals surface area contributed by atoms with Gasteiger partial charge in [0.25, 0.3) is 0 Å². The predicted octanol–water partition coefficient (Wildman–Crippen LogP) is 2.40. The van der Waals surface area contributed by atoms with E-state index in [0.717, 1.165) is 6.42 Å². The Morgan fingerprint density at radius 1 is 1.40 bits per heavy atom. The third-order valence-electron chi connectivity index (χ3n) is 2.69. The fraction of sp³-hybridized carbons (Fsp3) is 0.333. The van der Waals surface area contributed by atoms with Crippen LogP contribution in [0, 0.1) is 0 Å². The molecule has 15 heavy (non-hydrogen) atoms. The van der Waals surface area contributed by atoms with E-state index in [9.17, 15) is 0 Å². The molecule has 0 atom stereocenters. The molecule has 3 heteroatoms. The largest absolute Gasteiger partial charge is 0.350 e. The van der Waals surface area contributed by atoms with Crippen LogP contribution in [-0.4, -0.2) is 17.4 Å². The minimum absolute atomic E-state index is 0.710. The molecule has 2 rings (SSSR count). The summed E-state index contributed by atoms with van der Waals surface area (Å²) in [5.74, 6) is 0. The van der Waals surface area contributed by atoms with Gasteiger partial charge in [-0.25, -0.2) is 0 Å². The number of aromatic nitrogens is 1. The molecule has 0 radical (unpaired) electrons. The molecule has 0 aliphatic carbocycles. The van der Waals surface area contributed by atoms with Crippen LogP contribution in [0.4, 0.5) is 0 Å². The van der Waals surface area contributed by atoms with E-state index in [1.54, 1.807) is 11.8 Å². The standard InChI is InChI=1S/C12H16N2S/c1-14-8-9(6-7-13)12-10(14)4-3-5-11(12)15-2/h3-5,8H,6-7,13H2,1-2H3. The van der Waals surface area contributed by atoms with Crippen molar-refractivity contribution in [1.29, 1.82) is 0 Å². The Kier molecular flexibility index (Phi) is 3.03. The molecule has 0 bridgehead atoms. The lowest BCUT2D eigenvalue weighted by Crippen LogP contribution is -2.02. The molecule has 1 aromatic heterocycles. The average Bonchev–Trinajstić information content (AvgIpc) is 2.57. The number of nitrogens with two attached hydrogens (primary N) is 1. The van der Waals surface area contributed by atoms with Crippen LogP contribution in [0.3, 0.4) is 0 Å². The molecule has 0 fully saturated rings. The maximum Gasteiger partial charge on any atom is 0.0491 e. The SMILES string of the molecule is CSc1cccc2c1c(CCN)cn2C. The quantitative estimate of drug-likeness (QED) is 0.805. The summed E-state index contributed by atoms with van der Waals surface area (Å²) in [6, 6.07) is 6.45. The monoisotopic (exact) mass is 220 g/mol. The zero-order valence-corrected chi connectivity index (χ0v) is 9.97. The van der Waals surface area contributed by atoms with Gasteiger partial charge in [-0.15, -0.1) is 11.8 Å². The van der Waals surface area contributed by atoms with Crippen LogP contribution in [-0.2, 0) is 13.5 Å². The number of nitrogens with zero attached hydrogens (tertiary/aromatic N) is 1. The van der Waals surface area contributed by atoms with Gasteiger partial charge in [0, 0.05) is 29.0 Å². The van der Waals surface area contributed by atoms with Crippen molar-refractivity contribution in [2.45, 2.75) is 11.3 Å². The van der Waals surface area contributed by atoms with Crippen LogP contribution in [0.1, 0.15) is 5.56 Å². The second-order valence-corrected chi connectivity index (χ2v) is 4.51. The van der Waals surface area contributed by atoms with Crippen LogP contribution in [0.25, 0.3) is 10.9 Å². The number of aryl methyl sites for hydroxylation is 1. The lowest BCUT2D eigenvalue weighted by molar-refractivity contribution is 0.929.